The molecule has 0 aliphatic heterocycles. The maximum atomic E-state index is 10.3. The van der Waals surface area contributed by atoms with E-state index in [0.717, 1.165) is 0 Å². The lowest BCUT2D eigenvalue weighted by Crippen LogP contribution is -1.97. The van der Waals surface area contributed by atoms with Crippen LogP contribution in [0.5, 0.6) is 0 Å². The van der Waals surface area contributed by atoms with E-state index in [1.807, 2.05) is 0 Å². The summed E-state index contributed by atoms with van der Waals surface area (Å²) in [5.74, 6) is 0.217. The van der Waals surface area contributed by atoms with Crippen LogP contribution in [0.3, 0.4) is 0 Å². The van der Waals surface area contributed by atoms with Crippen LogP contribution in [0.4, 0.5) is 5.82 Å². The average molecular weight is 150 g/mol. The smallest absolute Gasteiger partial charge is 0.171 e. The van der Waals surface area contributed by atoms with Crippen LogP contribution in [0.15, 0.2) is 0 Å². The van der Waals surface area contributed by atoms with Crippen molar-refractivity contribution in [1.29, 1.82) is 5.26 Å². The zero-order chi connectivity index (χ0) is 8.43. The Hall–Kier alpha value is -1.83. The van der Waals surface area contributed by atoms with Gasteiger partial charge in [-0.3, -0.25) is 9.48 Å². The molecule has 0 atom stereocenters. The van der Waals surface area contributed by atoms with E-state index in [2.05, 4.69) is 5.10 Å². The number of carbonyl (C=O) groups is 1. The maximum absolute atomic E-state index is 10.3. The van der Waals surface area contributed by atoms with Crippen LogP contribution in [0.2, 0.25) is 0 Å². The van der Waals surface area contributed by atoms with Gasteiger partial charge in [-0.25, -0.2) is 0 Å². The van der Waals surface area contributed by atoms with Gasteiger partial charge in [0.25, 0.3) is 0 Å². The first-order chi connectivity index (χ1) is 5.20. The number of nitrogen functional groups attached to an aromatic ring is 1. The first-order valence-electron chi connectivity index (χ1n) is 2.88. The van der Waals surface area contributed by atoms with E-state index < -0.39 is 0 Å². The van der Waals surface area contributed by atoms with Gasteiger partial charge in [0.2, 0.25) is 0 Å². The van der Waals surface area contributed by atoms with E-state index in [1.54, 1.807) is 13.1 Å². The molecule has 2 N–H and O–H groups in total. The summed E-state index contributed by atoms with van der Waals surface area (Å²) in [4.78, 5) is 10.3. The van der Waals surface area contributed by atoms with Gasteiger partial charge in [-0.2, -0.15) is 10.4 Å². The number of nitrogens with two attached hydrogens (primary N) is 1. The summed E-state index contributed by atoms with van der Waals surface area (Å²) in [7, 11) is 1.57. The lowest BCUT2D eigenvalue weighted by Gasteiger charge is -1.89. The van der Waals surface area contributed by atoms with E-state index in [9.17, 15) is 4.79 Å². The quantitative estimate of drug-likeness (QED) is 0.556. The van der Waals surface area contributed by atoms with Gasteiger partial charge in [-0.15, -0.1) is 0 Å². The molecule has 56 valence electrons. The molecule has 0 aromatic carbocycles. The minimum Gasteiger partial charge on any atom is -0.383 e. The number of aromatic nitrogens is 2. The first-order valence-corrected chi connectivity index (χ1v) is 2.88. The van der Waals surface area contributed by atoms with Crippen LogP contribution in [-0.2, 0) is 7.05 Å². The molecule has 1 aromatic rings. The fourth-order valence-corrected chi connectivity index (χ4v) is 0.756. The number of nitrogens with zero attached hydrogens (tertiary/aromatic N) is 3. The van der Waals surface area contributed by atoms with Crippen LogP contribution in [0.25, 0.3) is 0 Å². The van der Waals surface area contributed by atoms with E-state index in [1.165, 1.54) is 4.68 Å². The Morgan fingerprint density at radius 1 is 1.82 bits per heavy atom. The fourth-order valence-electron chi connectivity index (χ4n) is 0.756. The summed E-state index contributed by atoms with van der Waals surface area (Å²) in [6, 6.07) is 1.80. The monoisotopic (exact) mass is 150 g/mol. The molecule has 0 saturated carbocycles. The number of anilines is 1. The minimum atomic E-state index is 0.0903. The van der Waals surface area contributed by atoms with E-state index >= 15 is 0 Å². The Bertz CT molecular complexity index is 333. The van der Waals surface area contributed by atoms with Crippen LogP contribution < -0.4 is 5.73 Å². The van der Waals surface area contributed by atoms with Gasteiger partial charge in [0.05, 0.1) is 0 Å². The van der Waals surface area contributed by atoms with Crippen LogP contribution in [0.1, 0.15) is 16.1 Å². The Morgan fingerprint density at radius 2 is 2.45 bits per heavy atom. The number of nitriles is 1. The van der Waals surface area contributed by atoms with E-state index in [-0.39, 0.29) is 17.1 Å². The second kappa shape index (κ2) is 2.42. The number of aryl methyl sites for hydroxylation is 1. The number of rotatable bonds is 1. The SMILES string of the molecule is Cn1nc(C=O)c(C#N)c1N. The second-order valence-electron chi connectivity index (χ2n) is 2.00. The topological polar surface area (TPSA) is 84.7 Å². The zero-order valence-corrected chi connectivity index (χ0v) is 5.90. The molecule has 5 heteroatoms. The number of aldehydes is 1. The molecule has 0 aliphatic carbocycles. The van der Waals surface area contributed by atoms with Crippen molar-refractivity contribution in [2.45, 2.75) is 0 Å². The maximum Gasteiger partial charge on any atom is 0.171 e. The van der Waals surface area contributed by atoms with Crippen molar-refractivity contribution in [2.24, 2.45) is 7.05 Å². The molecule has 0 spiro atoms. The van der Waals surface area contributed by atoms with E-state index in [0.29, 0.717) is 6.29 Å². The zero-order valence-electron chi connectivity index (χ0n) is 5.90. The lowest BCUT2D eigenvalue weighted by atomic mass is 10.3. The average Bonchev–Trinajstić information content (AvgIpc) is 2.28. The summed E-state index contributed by atoms with van der Waals surface area (Å²) < 4.78 is 1.29. The summed E-state index contributed by atoms with van der Waals surface area (Å²) >= 11 is 0. The molecule has 11 heavy (non-hydrogen) atoms. The highest BCUT2D eigenvalue weighted by Crippen LogP contribution is 2.11. The predicted molar refractivity (Wildman–Crippen MR) is 37.7 cm³/mol. The molecule has 5 nitrogen and oxygen atoms in total. The van der Waals surface area contributed by atoms with Gasteiger partial charge in [-0.05, 0) is 0 Å². The third kappa shape index (κ3) is 0.942. The van der Waals surface area contributed by atoms with E-state index in [4.69, 9.17) is 11.0 Å². The summed E-state index contributed by atoms with van der Waals surface area (Å²) in [5, 5.41) is 12.2. The Labute approximate surface area is 63.0 Å². The molecule has 0 saturated heterocycles. The molecule has 0 bridgehead atoms. The molecular weight excluding hydrogens is 144 g/mol. The van der Waals surface area contributed by atoms with Crippen LogP contribution >= 0.6 is 0 Å². The van der Waals surface area contributed by atoms with Crippen LogP contribution in [-0.4, -0.2) is 16.1 Å². The Morgan fingerprint density at radius 3 is 2.82 bits per heavy atom. The minimum absolute atomic E-state index is 0.0903. The van der Waals surface area contributed by atoms with Crippen molar-refractivity contribution in [3.05, 3.63) is 11.3 Å². The third-order valence-electron chi connectivity index (χ3n) is 1.34. The predicted octanol–water partition coefficient (Wildman–Crippen LogP) is -0.314. The molecule has 1 aromatic heterocycles. The molecular formula is C6H6N4O. The number of carbonyl (C=O) groups excluding carboxylic acids is 1. The normalized spacial score (nSPS) is 9.09. The molecule has 0 aliphatic rings. The first kappa shape index (κ1) is 7.28. The highest BCUT2D eigenvalue weighted by Gasteiger charge is 2.11. The molecule has 0 radical (unpaired) electrons. The summed E-state index contributed by atoms with van der Waals surface area (Å²) in [6.07, 6.45) is 0.509. The van der Waals surface area contributed by atoms with Gasteiger partial charge >= 0.3 is 0 Å². The van der Waals surface area contributed by atoms with Gasteiger partial charge in [0.1, 0.15) is 23.1 Å². The van der Waals surface area contributed by atoms with Crippen molar-refractivity contribution in [2.75, 3.05) is 5.73 Å². The third-order valence-corrected chi connectivity index (χ3v) is 1.34. The fraction of sp³-hybridized carbons (Fsp3) is 0.167. The van der Waals surface area contributed by atoms with Crippen molar-refractivity contribution in [1.82, 2.24) is 9.78 Å². The van der Waals surface area contributed by atoms with Crippen molar-refractivity contribution >= 4 is 12.1 Å². The largest absolute Gasteiger partial charge is 0.383 e. The standard InChI is InChI=1S/C6H6N4O/c1-10-6(8)4(2-7)5(3-11)9-10/h3H,8H2,1H3. The molecule has 1 heterocycles. The van der Waals surface area contributed by atoms with Crippen LogP contribution in [0, 0.1) is 11.3 Å². The number of hydrogen-bond donors (Lipinski definition) is 1. The van der Waals surface area contributed by atoms with Crippen molar-refractivity contribution in [3.63, 3.8) is 0 Å². The van der Waals surface area contributed by atoms with Gasteiger partial charge < -0.3 is 5.73 Å². The highest BCUT2D eigenvalue weighted by molar-refractivity contribution is 5.79. The molecule has 0 unspecified atom stereocenters. The molecule has 0 amide bonds. The Kier molecular flexibility index (Phi) is 1.60. The molecule has 0 fully saturated rings. The Balaban J connectivity index is 3.41. The summed E-state index contributed by atoms with van der Waals surface area (Å²) in [5.41, 5.74) is 5.64. The van der Waals surface area contributed by atoms with Gasteiger partial charge in [0.15, 0.2) is 6.29 Å². The number of hydrogen-bond acceptors (Lipinski definition) is 4. The van der Waals surface area contributed by atoms with Crippen molar-refractivity contribution in [3.8, 4) is 6.07 Å². The summed E-state index contributed by atoms with van der Waals surface area (Å²) in [6.45, 7) is 0. The molecule has 1 rings (SSSR count). The van der Waals surface area contributed by atoms with Gasteiger partial charge in [0, 0.05) is 7.05 Å². The lowest BCUT2D eigenvalue weighted by molar-refractivity contribution is 0.111. The second-order valence-corrected chi connectivity index (χ2v) is 2.00. The van der Waals surface area contributed by atoms with Gasteiger partial charge in [-0.1, -0.05) is 0 Å². The highest BCUT2D eigenvalue weighted by atomic mass is 16.1. The van der Waals surface area contributed by atoms with Crippen molar-refractivity contribution < 1.29 is 4.79 Å².